The highest BCUT2D eigenvalue weighted by Gasteiger charge is 2.12. The van der Waals surface area contributed by atoms with Crippen LogP contribution in [0.2, 0.25) is 0 Å². The first-order chi connectivity index (χ1) is 9.58. The fourth-order valence-electron chi connectivity index (χ4n) is 1.71. The van der Waals surface area contributed by atoms with Crippen LogP contribution in [0.4, 0.5) is 0 Å². The Hall–Kier alpha value is -1.75. The average molecular weight is 281 g/mol. The lowest BCUT2D eigenvalue weighted by molar-refractivity contribution is -0.142. The van der Waals surface area contributed by atoms with Crippen LogP contribution in [0.25, 0.3) is 0 Å². The molecule has 0 amide bonds. The zero-order valence-electron chi connectivity index (χ0n) is 12.6. The Morgan fingerprint density at radius 2 is 2.05 bits per heavy atom. The van der Waals surface area contributed by atoms with Gasteiger partial charge in [0.2, 0.25) is 0 Å². The number of para-hydroxylation sites is 1. The zero-order valence-corrected chi connectivity index (χ0v) is 12.6. The molecule has 5 heteroatoms. The van der Waals surface area contributed by atoms with E-state index in [9.17, 15) is 4.79 Å². The van der Waals surface area contributed by atoms with Gasteiger partial charge in [-0.1, -0.05) is 26.0 Å². The van der Waals surface area contributed by atoms with Crippen molar-refractivity contribution in [3.63, 3.8) is 0 Å². The molecule has 5 nitrogen and oxygen atoms in total. The van der Waals surface area contributed by atoms with Gasteiger partial charge in [-0.25, -0.2) is 4.79 Å². The van der Waals surface area contributed by atoms with Crippen LogP contribution in [0.5, 0.6) is 11.5 Å². The van der Waals surface area contributed by atoms with Crippen LogP contribution in [-0.4, -0.2) is 33.3 Å². The molecular weight excluding hydrogens is 258 g/mol. The second kappa shape index (κ2) is 8.43. The van der Waals surface area contributed by atoms with Crippen LogP contribution in [0.3, 0.4) is 0 Å². The Morgan fingerprint density at radius 1 is 1.30 bits per heavy atom. The summed E-state index contributed by atoms with van der Waals surface area (Å²) >= 11 is 0. The molecule has 0 aliphatic rings. The lowest BCUT2D eigenvalue weighted by Crippen LogP contribution is -2.20. The molecule has 0 unspecified atom stereocenters. The SMILES string of the molecule is COC(=O)COc1c(CNCC(C)C)cccc1OC. The van der Waals surface area contributed by atoms with Crippen LogP contribution in [0.15, 0.2) is 18.2 Å². The molecule has 1 aromatic rings. The predicted octanol–water partition coefficient (Wildman–Crippen LogP) is 1.99. The molecule has 0 aromatic heterocycles. The maximum atomic E-state index is 11.2. The third-order valence-corrected chi connectivity index (χ3v) is 2.71. The number of nitrogens with one attached hydrogen (secondary N) is 1. The van der Waals surface area contributed by atoms with Crippen molar-refractivity contribution in [2.45, 2.75) is 20.4 Å². The summed E-state index contributed by atoms with van der Waals surface area (Å²) in [5, 5.41) is 3.34. The summed E-state index contributed by atoms with van der Waals surface area (Å²) in [6.45, 7) is 5.73. The van der Waals surface area contributed by atoms with Gasteiger partial charge in [-0.3, -0.25) is 0 Å². The predicted molar refractivity (Wildman–Crippen MR) is 77.0 cm³/mol. The summed E-state index contributed by atoms with van der Waals surface area (Å²) in [4.78, 5) is 11.2. The minimum absolute atomic E-state index is 0.131. The molecule has 1 rings (SSSR count). The van der Waals surface area contributed by atoms with Gasteiger partial charge in [0.1, 0.15) is 0 Å². The molecule has 0 saturated carbocycles. The van der Waals surface area contributed by atoms with Gasteiger partial charge in [0, 0.05) is 12.1 Å². The Bertz CT molecular complexity index is 432. The molecule has 0 radical (unpaired) electrons. The van der Waals surface area contributed by atoms with Gasteiger partial charge in [-0.15, -0.1) is 0 Å². The van der Waals surface area contributed by atoms with E-state index in [0.717, 1.165) is 12.1 Å². The van der Waals surface area contributed by atoms with E-state index in [0.29, 0.717) is 24.0 Å². The number of esters is 1. The second-order valence-corrected chi connectivity index (χ2v) is 4.84. The van der Waals surface area contributed by atoms with Crippen molar-refractivity contribution in [2.24, 2.45) is 5.92 Å². The van der Waals surface area contributed by atoms with Gasteiger partial charge in [-0.2, -0.15) is 0 Å². The number of hydrogen-bond acceptors (Lipinski definition) is 5. The quantitative estimate of drug-likeness (QED) is 0.739. The van der Waals surface area contributed by atoms with E-state index in [1.165, 1.54) is 7.11 Å². The van der Waals surface area contributed by atoms with Crippen molar-refractivity contribution >= 4 is 5.97 Å². The Labute approximate surface area is 120 Å². The van der Waals surface area contributed by atoms with Gasteiger partial charge in [0.15, 0.2) is 18.1 Å². The largest absolute Gasteiger partial charge is 0.493 e. The molecule has 20 heavy (non-hydrogen) atoms. The third kappa shape index (κ3) is 5.09. The summed E-state index contributed by atoms with van der Waals surface area (Å²) in [6.07, 6.45) is 0. The van der Waals surface area contributed by atoms with Gasteiger partial charge < -0.3 is 19.5 Å². The van der Waals surface area contributed by atoms with Crippen LogP contribution < -0.4 is 14.8 Å². The summed E-state index contributed by atoms with van der Waals surface area (Å²) in [7, 11) is 2.91. The number of methoxy groups -OCH3 is 2. The number of hydrogen-bond donors (Lipinski definition) is 1. The maximum Gasteiger partial charge on any atom is 0.343 e. The van der Waals surface area contributed by atoms with Crippen molar-refractivity contribution in [2.75, 3.05) is 27.4 Å². The van der Waals surface area contributed by atoms with Crippen LogP contribution >= 0.6 is 0 Å². The lowest BCUT2D eigenvalue weighted by atomic mass is 10.1. The maximum absolute atomic E-state index is 11.2. The highest BCUT2D eigenvalue weighted by atomic mass is 16.6. The van der Waals surface area contributed by atoms with Gasteiger partial charge in [0.05, 0.1) is 14.2 Å². The molecule has 0 fully saturated rings. The summed E-state index contributed by atoms with van der Waals surface area (Å²) < 4.78 is 15.4. The van der Waals surface area contributed by atoms with Gasteiger partial charge >= 0.3 is 5.97 Å². The van der Waals surface area contributed by atoms with Crippen LogP contribution in [-0.2, 0) is 16.1 Å². The van der Waals surface area contributed by atoms with Crippen LogP contribution in [0, 0.1) is 5.92 Å². The van der Waals surface area contributed by atoms with E-state index in [1.54, 1.807) is 13.2 Å². The third-order valence-electron chi connectivity index (χ3n) is 2.71. The molecule has 1 N–H and O–H groups in total. The van der Waals surface area contributed by atoms with E-state index in [2.05, 4.69) is 23.9 Å². The van der Waals surface area contributed by atoms with Crippen molar-refractivity contribution < 1.29 is 19.0 Å². The molecule has 0 heterocycles. The number of ether oxygens (including phenoxy) is 3. The first kappa shape index (κ1) is 16.3. The standard InChI is InChI=1S/C15H23NO4/c1-11(2)8-16-9-12-6-5-7-13(18-3)15(12)20-10-14(17)19-4/h5-7,11,16H,8-10H2,1-4H3. The van der Waals surface area contributed by atoms with E-state index < -0.39 is 5.97 Å². The molecular formula is C15H23NO4. The van der Waals surface area contributed by atoms with Gasteiger partial charge in [0.25, 0.3) is 0 Å². The first-order valence-electron chi connectivity index (χ1n) is 6.64. The minimum atomic E-state index is -0.419. The highest BCUT2D eigenvalue weighted by molar-refractivity contribution is 5.71. The number of carbonyl (C=O) groups excluding carboxylic acids is 1. The molecule has 0 spiro atoms. The molecule has 0 saturated heterocycles. The van der Waals surface area contributed by atoms with E-state index in [4.69, 9.17) is 9.47 Å². The zero-order chi connectivity index (χ0) is 15.0. The summed E-state index contributed by atoms with van der Waals surface area (Å²) in [6, 6.07) is 5.65. The average Bonchev–Trinajstić information content (AvgIpc) is 2.44. The fourth-order valence-corrected chi connectivity index (χ4v) is 1.71. The topological polar surface area (TPSA) is 56.8 Å². The highest BCUT2D eigenvalue weighted by Crippen LogP contribution is 2.31. The molecule has 1 aromatic carbocycles. The lowest BCUT2D eigenvalue weighted by Gasteiger charge is -2.15. The van der Waals surface area contributed by atoms with Crippen molar-refractivity contribution in [3.05, 3.63) is 23.8 Å². The van der Waals surface area contributed by atoms with E-state index in [1.807, 2.05) is 12.1 Å². The molecule has 0 bridgehead atoms. The fraction of sp³-hybridized carbons (Fsp3) is 0.533. The first-order valence-corrected chi connectivity index (χ1v) is 6.64. The van der Waals surface area contributed by atoms with Crippen LogP contribution in [0.1, 0.15) is 19.4 Å². The molecule has 0 aliphatic carbocycles. The van der Waals surface area contributed by atoms with E-state index in [-0.39, 0.29) is 6.61 Å². The Morgan fingerprint density at radius 3 is 2.65 bits per heavy atom. The van der Waals surface area contributed by atoms with Crippen molar-refractivity contribution in [1.29, 1.82) is 0 Å². The molecule has 0 aliphatic heterocycles. The minimum Gasteiger partial charge on any atom is -0.493 e. The van der Waals surface area contributed by atoms with Gasteiger partial charge in [-0.05, 0) is 18.5 Å². The Kier molecular flexibility index (Phi) is 6.87. The number of carbonyl (C=O) groups is 1. The number of benzene rings is 1. The summed E-state index contributed by atoms with van der Waals surface area (Å²) in [5.41, 5.74) is 0.953. The molecule has 0 atom stereocenters. The Balaban J connectivity index is 2.78. The van der Waals surface area contributed by atoms with E-state index >= 15 is 0 Å². The smallest absolute Gasteiger partial charge is 0.343 e. The number of rotatable bonds is 8. The second-order valence-electron chi connectivity index (χ2n) is 4.84. The van der Waals surface area contributed by atoms with Crippen molar-refractivity contribution in [1.82, 2.24) is 5.32 Å². The van der Waals surface area contributed by atoms with Crippen molar-refractivity contribution in [3.8, 4) is 11.5 Å². The normalized spacial score (nSPS) is 10.4. The molecule has 112 valence electrons. The summed E-state index contributed by atoms with van der Waals surface area (Å²) in [5.74, 6) is 1.34. The monoisotopic (exact) mass is 281 g/mol.